The second kappa shape index (κ2) is 6.45. The molecule has 0 radical (unpaired) electrons. The largest absolute Gasteiger partial charge is 0.382 e. The molecule has 106 valence electrons. The van der Waals surface area contributed by atoms with E-state index in [1.165, 1.54) is 34.9 Å². The van der Waals surface area contributed by atoms with Crippen molar-refractivity contribution in [2.75, 3.05) is 5.32 Å². The van der Waals surface area contributed by atoms with Gasteiger partial charge < -0.3 is 5.32 Å². The number of para-hydroxylation sites is 1. The van der Waals surface area contributed by atoms with Crippen LogP contribution in [0.2, 0.25) is 0 Å². The van der Waals surface area contributed by atoms with E-state index in [1.54, 1.807) is 0 Å². The van der Waals surface area contributed by atoms with Crippen molar-refractivity contribution in [1.82, 2.24) is 0 Å². The lowest BCUT2D eigenvalue weighted by molar-refractivity contribution is 0.723. The van der Waals surface area contributed by atoms with Crippen molar-refractivity contribution < 1.29 is 0 Å². The van der Waals surface area contributed by atoms with Crippen LogP contribution in [0.5, 0.6) is 0 Å². The molecule has 1 N–H and O–H groups in total. The lowest BCUT2D eigenvalue weighted by Gasteiger charge is -2.05. The van der Waals surface area contributed by atoms with Crippen LogP contribution in [-0.4, -0.2) is 6.04 Å². The minimum absolute atomic E-state index is 0.674. The fourth-order valence-corrected chi connectivity index (χ4v) is 2.75. The first kappa shape index (κ1) is 13.7. The summed E-state index contributed by atoms with van der Waals surface area (Å²) in [5, 5.41) is 6.10. The molecule has 1 atom stereocenters. The molecule has 3 aromatic rings. The van der Waals surface area contributed by atoms with Gasteiger partial charge in [-0.25, -0.2) is 0 Å². The Labute approximate surface area is 126 Å². The number of fused-ring (bicyclic) bond motifs is 2. The highest BCUT2D eigenvalue weighted by Crippen LogP contribution is 2.25. The van der Waals surface area contributed by atoms with Gasteiger partial charge in [0.2, 0.25) is 0 Å². The predicted molar refractivity (Wildman–Crippen MR) is 91.8 cm³/mol. The second-order valence-electron chi connectivity index (χ2n) is 5.46. The molecule has 1 unspecified atom stereocenters. The topological polar surface area (TPSA) is 12.0 Å². The van der Waals surface area contributed by atoms with E-state index >= 15 is 0 Å². The fourth-order valence-electron chi connectivity index (χ4n) is 2.75. The van der Waals surface area contributed by atoms with Gasteiger partial charge in [0, 0.05) is 11.7 Å². The summed E-state index contributed by atoms with van der Waals surface area (Å²) in [5.74, 6) is 0. The smallest absolute Gasteiger partial charge is 0.0375 e. The zero-order valence-corrected chi connectivity index (χ0v) is 12.4. The van der Waals surface area contributed by atoms with Gasteiger partial charge in [0.1, 0.15) is 0 Å². The van der Waals surface area contributed by atoms with E-state index in [0.717, 1.165) is 0 Å². The average molecular weight is 275 g/mol. The van der Waals surface area contributed by atoms with Gasteiger partial charge in [0.25, 0.3) is 0 Å². The number of benzene rings is 3. The standard InChI is InChI=1S/C10H13N.C10H8/c1-2-9-7-8-5-3-4-6-10(8)11-9;1-2-6-10-8-4-3-7-9(10)5-1/h3-6,9,11H,2,7H2,1H3;1-8H. The SMILES string of the molecule is CCC1Cc2ccccc2N1.c1ccc2ccccc2c1. The lowest BCUT2D eigenvalue weighted by atomic mass is 10.1. The molecule has 0 amide bonds. The van der Waals surface area contributed by atoms with E-state index in [-0.39, 0.29) is 0 Å². The van der Waals surface area contributed by atoms with Crippen LogP contribution < -0.4 is 5.32 Å². The van der Waals surface area contributed by atoms with Gasteiger partial charge in [-0.1, -0.05) is 73.7 Å². The summed E-state index contributed by atoms with van der Waals surface area (Å²) >= 11 is 0. The van der Waals surface area contributed by atoms with Gasteiger partial charge in [-0.05, 0) is 35.2 Å². The second-order valence-corrected chi connectivity index (χ2v) is 5.46. The Bertz CT molecular complexity index is 627. The van der Waals surface area contributed by atoms with Crippen molar-refractivity contribution in [3.05, 3.63) is 78.4 Å². The van der Waals surface area contributed by atoms with Crippen molar-refractivity contribution in [2.24, 2.45) is 0 Å². The Balaban J connectivity index is 0.000000126. The third-order valence-electron chi connectivity index (χ3n) is 3.99. The van der Waals surface area contributed by atoms with Crippen LogP contribution in [-0.2, 0) is 6.42 Å². The first-order valence-corrected chi connectivity index (χ1v) is 7.65. The van der Waals surface area contributed by atoms with Crippen molar-refractivity contribution in [3.63, 3.8) is 0 Å². The van der Waals surface area contributed by atoms with E-state index in [2.05, 4.69) is 85.0 Å². The van der Waals surface area contributed by atoms with E-state index in [9.17, 15) is 0 Å². The third-order valence-corrected chi connectivity index (χ3v) is 3.99. The lowest BCUT2D eigenvalue weighted by Crippen LogP contribution is -2.12. The Morgan fingerprint density at radius 3 is 1.86 bits per heavy atom. The maximum Gasteiger partial charge on any atom is 0.0375 e. The normalized spacial score (nSPS) is 15.8. The third kappa shape index (κ3) is 3.25. The molecule has 0 fully saturated rings. The van der Waals surface area contributed by atoms with E-state index in [4.69, 9.17) is 0 Å². The Morgan fingerprint density at radius 1 is 0.810 bits per heavy atom. The first-order valence-electron chi connectivity index (χ1n) is 7.65. The quantitative estimate of drug-likeness (QED) is 0.637. The molecule has 4 rings (SSSR count). The van der Waals surface area contributed by atoms with Gasteiger partial charge >= 0.3 is 0 Å². The number of hydrogen-bond donors (Lipinski definition) is 1. The zero-order valence-electron chi connectivity index (χ0n) is 12.4. The van der Waals surface area contributed by atoms with Gasteiger partial charge in [-0.3, -0.25) is 0 Å². The van der Waals surface area contributed by atoms with Crippen molar-refractivity contribution in [3.8, 4) is 0 Å². The Hall–Kier alpha value is -2.28. The zero-order chi connectivity index (χ0) is 14.5. The van der Waals surface area contributed by atoms with E-state index < -0.39 is 0 Å². The molecule has 1 aliphatic rings. The van der Waals surface area contributed by atoms with Gasteiger partial charge in [0.05, 0.1) is 0 Å². The molecule has 0 saturated carbocycles. The summed E-state index contributed by atoms with van der Waals surface area (Å²) in [4.78, 5) is 0. The summed E-state index contributed by atoms with van der Waals surface area (Å²) in [5.41, 5.74) is 2.80. The van der Waals surface area contributed by atoms with Crippen LogP contribution in [0.15, 0.2) is 72.8 Å². The minimum atomic E-state index is 0.674. The molecule has 1 heteroatoms. The predicted octanol–water partition coefficient (Wildman–Crippen LogP) is 5.27. The number of nitrogens with one attached hydrogen (secondary N) is 1. The van der Waals surface area contributed by atoms with Gasteiger partial charge in [-0.15, -0.1) is 0 Å². The molecule has 0 aliphatic carbocycles. The van der Waals surface area contributed by atoms with Crippen LogP contribution in [0.1, 0.15) is 18.9 Å². The highest BCUT2D eigenvalue weighted by molar-refractivity contribution is 5.82. The van der Waals surface area contributed by atoms with Crippen molar-refractivity contribution in [1.29, 1.82) is 0 Å². The van der Waals surface area contributed by atoms with E-state index in [1.807, 2.05) is 0 Å². The van der Waals surface area contributed by atoms with Crippen LogP contribution in [0, 0.1) is 0 Å². The molecule has 21 heavy (non-hydrogen) atoms. The molecule has 1 nitrogen and oxygen atoms in total. The minimum Gasteiger partial charge on any atom is -0.382 e. The van der Waals surface area contributed by atoms with Gasteiger partial charge in [0.15, 0.2) is 0 Å². The van der Waals surface area contributed by atoms with Crippen LogP contribution in [0.3, 0.4) is 0 Å². The molecule has 0 spiro atoms. The maximum absolute atomic E-state index is 3.48. The molecule has 1 heterocycles. The highest BCUT2D eigenvalue weighted by atomic mass is 14.9. The molecular weight excluding hydrogens is 254 g/mol. The Morgan fingerprint density at radius 2 is 1.33 bits per heavy atom. The number of hydrogen-bond acceptors (Lipinski definition) is 1. The molecule has 0 saturated heterocycles. The molecule has 1 aliphatic heterocycles. The number of anilines is 1. The fraction of sp³-hybridized carbons (Fsp3) is 0.200. The number of rotatable bonds is 1. The summed E-state index contributed by atoms with van der Waals surface area (Å²) in [6, 6.07) is 25.9. The molecular formula is C20H21N. The van der Waals surface area contributed by atoms with Crippen LogP contribution in [0.25, 0.3) is 10.8 Å². The summed E-state index contributed by atoms with van der Waals surface area (Å²) in [6.07, 6.45) is 2.42. The van der Waals surface area contributed by atoms with Crippen LogP contribution in [0.4, 0.5) is 5.69 Å². The van der Waals surface area contributed by atoms with E-state index in [0.29, 0.717) is 6.04 Å². The first-order chi connectivity index (χ1) is 10.4. The van der Waals surface area contributed by atoms with Crippen molar-refractivity contribution >= 4 is 16.5 Å². The van der Waals surface area contributed by atoms with Crippen molar-refractivity contribution in [2.45, 2.75) is 25.8 Å². The molecule has 0 aromatic heterocycles. The summed E-state index contributed by atoms with van der Waals surface area (Å²) in [7, 11) is 0. The van der Waals surface area contributed by atoms with Crippen LogP contribution >= 0.6 is 0 Å². The maximum atomic E-state index is 3.48. The monoisotopic (exact) mass is 275 g/mol. The molecule has 3 aromatic carbocycles. The summed E-state index contributed by atoms with van der Waals surface area (Å²) in [6.45, 7) is 2.23. The Kier molecular flexibility index (Phi) is 4.20. The molecule has 0 bridgehead atoms. The average Bonchev–Trinajstić information content (AvgIpc) is 2.99. The highest BCUT2D eigenvalue weighted by Gasteiger charge is 2.17. The summed E-state index contributed by atoms with van der Waals surface area (Å²) < 4.78 is 0. The van der Waals surface area contributed by atoms with Gasteiger partial charge in [-0.2, -0.15) is 0 Å².